The summed E-state index contributed by atoms with van der Waals surface area (Å²) in [5.41, 5.74) is 0.346. The van der Waals surface area contributed by atoms with Crippen molar-refractivity contribution in [2.75, 3.05) is 13.1 Å². The van der Waals surface area contributed by atoms with E-state index in [9.17, 15) is 9.90 Å². The van der Waals surface area contributed by atoms with Gasteiger partial charge in [0.05, 0.1) is 0 Å². The molecule has 0 fully saturated rings. The minimum atomic E-state index is -0.291. The number of amides is 1. The second-order valence-corrected chi connectivity index (χ2v) is 3.34. The number of carbonyl (C=O) groups excluding carboxylic acids is 1. The molecule has 0 bridgehead atoms. The summed E-state index contributed by atoms with van der Waals surface area (Å²) in [7, 11) is 0. The topological polar surface area (TPSA) is 60.8 Å². The summed E-state index contributed by atoms with van der Waals surface area (Å²) in [6, 6.07) is 4.02. The average Bonchev–Trinajstić information content (AvgIpc) is 2.28. The zero-order valence-electron chi connectivity index (χ0n) is 9.18. The Balaban J connectivity index is 2.94. The number of phenolic OH excluding ortho intramolecular Hbond substituents is 2. The van der Waals surface area contributed by atoms with E-state index in [-0.39, 0.29) is 17.4 Å². The summed E-state index contributed by atoms with van der Waals surface area (Å²) in [5.74, 6) is -0.721. The highest BCUT2D eigenvalue weighted by atomic mass is 16.3. The van der Waals surface area contributed by atoms with Crippen molar-refractivity contribution in [2.45, 2.75) is 6.92 Å². The van der Waals surface area contributed by atoms with Crippen LogP contribution in [0.5, 0.6) is 11.5 Å². The third-order valence-electron chi connectivity index (χ3n) is 2.24. The highest BCUT2D eigenvalue weighted by molar-refractivity contribution is 5.95. The molecule has 1 aromatic carbocycles. The molecule has 0 unspecified atom stereocenters. The number of benzene rings is 1. The quantitative estimate of drug-likeness (QED) is 0.601. The SMILES string of the molecule is C=CCN(CC)C(=O)c1ccc(O)c(O)c1. The Labute approximate surface area is 94.4 Å². The van der Waals surface area contributed by atoms with Crippen LogP contribution < -0.4 is 0 Å². The van der Waals surface area contributed by atoms with Gasteiger partial charge in [0, 0.05) is 18.7 Å². The van der Waals surface area contributed by atoms with Crippen LogP contribution in [0.25, 0.3) is 0 Å². The van der Waals surface area contributed by atoms with Gasteiger partial charge in [0.2, 0.25) is 0 Å². The van der Waals surface area contributed by atoms with Crippen LogP contribution in [0.4, 0.5) is 0 Å². The lowest BCUT2D eigenvalue weighted by Crippen LogP contribution is -2.30. The van der Waals surface area contributed by atoms with Gasteiger partial charge in [0.1, 0.15) is 0 Å². The van der Waals surface area contributed by atoms with Crippen molar-refractivity contribution in [3.05, 3.63) is 36.4 Å². The largest absolute Gasteiger partial charge is 0.504 e. The number of likely N-dealkylation sites (N-methyl/N-ethyl adjacent to an activating group) is 1. The summed E-state index contributed by atoms with van der Waals surface area (Å²) in [5, 5.41) is 18.4. The molecule has 4 nitrogen and oxygen atoms in total. The molecule has 0 aliphatic rings. The molecule has 16 heavy (non-hydrogen) atoms. The molecule has 0 spiro atoms. The third kappa shape index (κ3) is 2.53. The fraction of sp³-hybridized carbons (Fsp3) is 0.250. The van der Waals surface area contributed by atoms with E-state index in [1.807, 2.05) is 6.92 Å². The number of nitrogens with zero attached hydrogens (tertiary/aromatic N) is 1. The third-order valence-corrected chi connectivity index (χ3v) is 2.24. The molecule has 86 valence electrons. The van der Waals surface area contributed by atoms with Crippen LogP contribution in [0.1, 0.15) is 17.3 Å². The first-order chi connectivity index (χ1) is 7.60. The Kier molecular flexibility index (Phi) is 3.94. The van der Waals surface area contributed by atoms with Crippen LogP contribution in [0.15, 0.2) is 30.9 Å². The molecular formula is C12H15NO3. The van der Waals surface area contributed by atoms with E-state index >= 15 is 0 Å². The zero-order valence-corrected chi connectivity index (χ0v) is 9.18. The number of rotatable bonds is 4. The Bertz CT molecular complexity index is 401. The maximum Gasteiger partial charge on any atom is 0.254 e. The van der Waals surface area contributed by atoms with Crippen molar-refractivity contribution in [1.29, 1.82) is 0 Å². The lowest BCUT2D eigenvalue weighted by molar-refractivity contribution is 0.0781. The molecule has 1 rings (SSSR count). The molecular weight excluding hydrogens is 206 g/mol. The van der Waals surface area contributed by atoms with E-state index in [2.05, 4.69) is 6.58 Å². The minimum absolute atomic E-state index is 0.197. The van der Waals surface area contributed by atoms with E-state index in [1.54, 1.807) is 11.0 Å². The standard InChI is InChI=1S/C12H15NO3/c1-3-7-13(4-2)12(16)9-5-6-10(14)11(15)8-9/h3,5-6,8,14-15H,1,4,7H2,2H3. The number of aromatic hydroxyl groups is 2. The van der Waals surface area contributed by atoms with E-state index in [0.717, 1.165) is 0 Å². The van der Waals surface area contributed by atoms with Crippen molar-refractivity contribution in [3.63, 3.8) is 0 Å². The molecule has 1 aromatic rings. The van der Waals surface area contributed by atoms with Crippen LogP contribution in [0.2, 0.25) is 0 Å². The highest BCUT2D eigenvalue weighted by Crippen LogP contribution is 2.25. The van der Waals surface area contributed by atoms with Crippen molar-refractivity contribution in [2.24, 2.45) is 0 Å². The van der Waals surface area contributed by atoms with Gasteiger partial charge in [-0.2, -0.15) is 0 Å². The number of carbonyl (C=O) groups is 1. The molecule has 4 heteroatoms. The van der Waals surface area contributed by atoms with Crippen molar-refractivity contribution < 1.29 is 15.0 Å². The summed E-state index contributed by atoms with van der Waals surface area (Å²) in [6.07, 6.45) is 1.64. The van der Waals surface area contributed by atoms with E-state index in [0.29, 0.717) is 18.7 Å². The molecule has 0 atom stereocenters. The van der Waals surface area contributed by atoms with Crippen LogP contribution in [0, 0.1) is 0 Å². The molecule has 0 aromatic heterocycles. The summed E-state index contributed by atoms with van der Waals surface area (Å²) in [6.45, 7) is 6.45. The fourth-order valence-electron chi connectivity index (χ4n) is 1.35. The van der Waals surface area contributed by atoms with Gasteiger partial charge in [0.25, 0.3) is 5.91 Å². The minimum Gasteiger partial charge on any atom is -0.504 e. The van der Waals surface area contributed by atoms with Crippen molar-refractivity contribution in [3.8, 4) is 11.5 Å². The maximum absolute atomic E-state index is 11.9. The van der Waals surface area contributed by atoms with Gasteiger partial charge in [-0.3, -0.25) is 4.79 Å². The second kappa shape index (κ2) is 5.21. The van der Waals surface area contributed by atoms with Gasteiger partial charge in [-0.05, 0) is 25.1 Å². The van der Waals surface area contributed by atoms with Gasteiger partial charge in [-0.25, -0.2) is 0 Å². The van der Waals surface area contributed by atoms with Gasteiger partial charge >= 0.3 is 0 Å². The van der Waals surface area contributed by atoms with Gasteiger partial charge in [-0.15, -0.1) is 6.58 Å². The van der Waals surface area contributed by atoms with Gasteiger partial charge in [0.15, 0.2) is 11.5 Å². The molecule has 1 amide bonds. The predicted octanol–water partition coefficient (Wildman–Crippen LogP) is 1.75. The van der Waals surface area contributed by atoms with Crippen molar-refractivity contribution in [1.82, 2.24) is 4.90 Å². The van der Waals surface area contributed by atoms with E-state index < -0.39 is 0 Å². The zero-order chi connectivity index (χ0) is 12.1. The molecule has 0 heterocycles. The predicted molar refractivity (Wildman–Crippen MR) is 61.5 cm³/mol. The van der Waals surface area contributed by atoms with Crippen molar-refractivity contribution >= 4 is 5.91 Å². The summed E-state index contributed by atoms with van der Waals surface area (Å²) < 4.78 is 0. The van der Waals surface area contributed by atoms with Gasteiger partial charge < -0.3 is 15.1 Å². The molecule has 0 saturated heterocycles. The Morgan fingerprint density at radius 2 is 2.12 bits per heavy atom. The first kappa shape index (κ1) is 12.1. The fourth-order valence-corrected chi connectivity index (χ4v) is 1.35. The molecule has 0 saturated carbocycles. The first-order valence-corrected chi connectivity index (χ1v) is 5.02. The van der Waals surface area contributed by atoms with Crippen LogP contribution in [-0.2, 0) is 0 Å². The number of hydrogen-bond donors (Lipinski definition) is 2. The lowest BCUT2D eigenvalue weighted by atomic mass is 10.1. The highest BCUT2D eigenvalue weighted by Gasteiger charge is 2.14. The average molecular weight is 221 g/mol. The Morgan fingerprint density at radius 1 is 1.44 bits per heavy atom. The van der Waals surface area contributed by atoms with E-state index in [1.165, 1.54) is 18.2 Å². The van der Waals surface area contributed by atoms with Gasteiger partial charge in [-0.1, -0.05) is 6.08 Å². The molecule has 0 aliphatic carbocycles. The Morgan fingerprint density at radius 3 is 2.62 bits per heavy atom. The van der Waals surface area contributed by atoms with Crippen LogP contribution >= 0.6 is 0 Å². The summed E-state index contributed by atoms with van der Waals surface area (Å²) >= 11 is 0. The maximum atomic E-state index is 11.9. The van der Waals surface area contributed by atoms with Crippen LogP contribution in [0.3, 0.4) is 0 Å². The molecule has 2 N–H and O–H groups in total. The number of phenols is 2. The smallest absolute Gasteiger partial charge is 0.254 e. The molecule has 0 radical (unpaired) electrons. The Hall–Kier alpha value is -1.97. The number of hydrogen-bond acceptors (Lipinski definition) is 3. The first-order valence-electron chi connectivity index (χ1n) is 5.02. The monoisotopic (exact) mass is 221 g/mol. The normalized spacial score (nSPS) is 9.81. The van der Waals surface area contributed by atoms with Crippen LogP contribution in [-0.4, -0.2) is 34.1 Å². The lowest BCUT2D eigenvalue weighted by Gasteiger charge is -2.19. The van der Waals surface area contributed by atoms with E-state index in [4.69, 9.17) is 5.11 Å². The summed E-state index contributed by atoms with van der Waals surface area (Å²) in [4.78, 5) is 13.5. The molecule has 0 aliphatic heterocycles. The second-order valence-electron chi connectivity index (χ2n) is 3.34.